The molecule has 6 heteroatoms. The van der Waals surface area contributed by atoms with Crippen molar-refractivity contribution in [2.24, 2.45) is 0 Å². The van der Waals surface area contributed by atoms with E-state index in [1.54, 1.807) is 41.3 Å². The smallest absolute Gasteiger partial charge is 0.335 e. The van der Waals surface area contributed by atoms with E-state index in [2.05, 4.69) is 0 Å². The quantitative estimate of drug-likeness (QED) is 0.603. The second-order valence-electron chi connectivity index (χ2n) is 8.48. The van der Waals surface area contributed by atoms with Crippen LogP contribution in [0, 0.1) is 5.82 Å². The number of rotatable bonds is 4. The van der Waals surface area contributed by atoms with Crippen molar-refractivity contribution in [2.45, 2.75) is 30.7 Å². The molecule has 156 valence electrons. The molecule has 1 heterocycles. The Morgan fingerprint density at radius 3 is 2.58 bits per heavy atom. The van der Waals surface area contributed by atoms with E-state index in [4.69, 9.17) is 11.6 Å². The zero-order valence-electron chi connectivity index (χ0n) is 16.7. The number of carbonyl (C=O) groups is 2. The second-order valence-corrected chi connectivity index (χ2v) is 8.92. The first-order valence-corrected chi connectivity index (χ1v) is 10.3. The topological polar surface area (TPSA) is 57.6 Å². The number of halogens is 2. The SMILES string of the molecule is C[C@]1(c2ccc(Cl)cc2)C[C@]12C(=O)N(Cc1cccc(C(=O)O)c1)c1ccc(F)cc12. The van der Waals surface area contributed by atoms with Gasteiger partial charge in [0.15, 0.2) is 0 Å². The number of benzene rings is 3. The monoisotopic (exact) mass is 435 g/mol. The number of aromatic carboxylic acids is 1. The predicted molar refractivity (Wildman–Crippen MR) is 116 cm³/mol. The molecule has 1 fully saturated rings. The highest BCUT2D eigenvalue weighted by molar-refractivity contribution is 6.30. The summed E-state index contributed by atoms with van der Waals surface area (Å²) in [4.78, 5) is 26.8. The Morgan fingerprint density at radius 2 is 1.87 bits per heavy atom. The average molecular weight is 436 g/mol. The molecule has 0 bridgehead atoms. The van der Waals surface area contributed by atoms with Gasteiger partial charge in [0.25, 0.3) is 0 Å². The second kappa shape index (κ2) is 6.66. The highest BCUT2D eigenvalue weighted by Gasteiger charge is 2.74. The van der Waals surface area contributed by atoms with Gasteiger partial charge in [-0.3, -0.25) is 4.79 Å². The molecular formula is C25H19ClFNO3. The van der Waals surface area contributed by atoms with Crippen molar-refractivity contribution >= 4 is 29.2 Å². The van der Waals surface area contributed by atoms with Crippen LogP contribution in [0.4, 0.5) is 10.1 Å². The Balaban J connectivity index is 1.58. The van der Waals surface area contributed by atoms with Crippen molar-refractivity contribution in [1.82, 2.24) is 0 Å². The van der Waals surface area contributed by atoms with Crippen molar-refractivity contribution in [1.29, 1.82) is 0 Å². The third-order valence-electron chi connectivity index (χ3n) is 6.75. The lowest BCUT2D eigenvalue weighted by Crippen LogP contribution is -2.35. The van der Waals surface area contributed by atoms with Crippen molar-refractivity contribution in [3.63, 3.8) is 0 Å². The van der Waals surface area contributed by atoms with E-state index in [-0.39, 0.29) is 23.8 Å². The number of carboxylic acid groups (broad SMARTS) is 1. The number of anilines is 1. The molecule has 2 atom stereocenters. The van der Waals surface area contributed by atoms with Crippen molar-refractivity contribution in [2.75, 3.05) is 4.90 Å². The van der Waals surface area contributed by atoms with Crippen LogP contribution in [0.25, 0.3) is 0 Å². The number of carbonyl (C=O) groups excluding carboxylic acids is 1. The summed E-state index contributed by atoms with van der Waals surface area (Å²) in [5, 5.41) is 9.90. The molecular weight excluding hydrogens is 417 g/mol. The largest absolute Gasteiger partial charge is 0.478 e. The van der Waals surface area contributed by atoms with Crippen LogP contribution in [0.2, 0.25) is 5.02 Å². The molecule has 2 aliphatic rings. The van der Waals surface area contributed by atoms with Crippen LogP contribution < -0.4 is 4.90 Å². The molecule has 1 spiro atoms. The molecule has 0 aromatic heterocycles. The molecule has 31 heavy (non-hydrogen) atoms. The summed E-state index contributed by atoms with van der Waals surface area (Å²) >= 11 is 6.05. The molecule has 0 saturated heterocycles. The third kappa shape index (κ3) is 2.80. The van der Waals surface area contributed by atoms with Gasteiger partial charge in [-0.25, -0.2) is 9.18 Å². The van der Waals surface area contributed by atoms with Gasteiger partial charge >= 0.3 is 5.97 Å². The van der Waals surface area contributed by atoms with E-state index in [0.29, 0.717) is 28.3 Å². The van der Waals surface area contributed by atoms with Gasteiger partial charge in [0.1, 0.15) is 5.82 Å². The van der Waals surface area contributed by atoms with Gasteiger partial charge in [0, 0.05) is 16.1 Å². The van der Waals surface area contributed by atoms with Gasteiger partial charge in [0.2, 0.25) is 5.91 Å². The Labute approximate surface area is 183 Å². The van der Waals surface area contributed by atoms with Gasteiger partial charge in [-0.05, 0) is 65.6 Å². The highest BCUT2D eigenvalue weighted by atomic mass is 35.5. The Hall–Kier alpha value is -3.18. The van der Waals surface area contributed by atoms with Crippen LogP contribution in [0.15, 0.2) is 66.7 Å². The molecule has 5 rings (SSSR count). The fraction of sp³-hybridized carbons (Fsp3) is 0.200. The minimum atomic E-state index is -1.02. The lowest BCUT2D eigenvalue weighted by atomic mass is 9.83. The van der Waals surface area contributed by atoms with Gasteiger partial charge < -0.3 is 10.0 Å². The molecule has 1 saturated carbocycles. The Bertz CT molecular complexity index is 1240. The van der Waals surface area contributed by atoms with E-state index in [1.165, 1.54) is 18.2 Å². The zero-order valence-corrected chi connectivity index (χ0v) is 17.5. The molecule has 1 aliphatic carbocycles. The summed E-state index contributed by atoms with van der Waals surface area (Å²) in [6.45, 7) is 2.24. The van der Waals surface area contributed by atoms with E-state index in [1.807, 2.05) is 19.1 Å². The minimum absolute atomic E-state index is 0.0914. The maximum Gasteiger partial charge on any atom is 0.335 e. The summed E-state index contributed by atoms with van der Waals surface area (Å²) in [6, 6.07) is 18.4. The van der Waals surface area contributed by atoms with Crippen LogP contribution in [0.1, 0.15) is 40.4 Å². The first-order valence-electron chi connectivity index (χ1n) is 9.96. The van der Waals surface area contributed by atoms with E-state index in [0.717, 1.165) is 5.56 Å². The average Bonchev–Trinajstić information content (AvgIpc) is 3.33. The number of amides is 1. The summed E-state index contributed by atoms with van der Waals surface area (Å²) in [5.74, 6) is -1.50. The summed E-state index contributed by atoms with van der Waals surface area (Å²) in [7, 11) is 0. The standard InChI is InChI=1S/C25H19ClFNO3/c1-24(17-5-7-18(26)8-6-17)14-25(24)20-12-19(27)9-10-21(20)28(23(25)31)13-15-3-2-4-16(11-15)22(29)30/h2-12H,13-14H2,1H3,(H,29,30)/t24-,25+/m1/s1. The molecule has 3 aromatic rings. The lowest BCUT2D eigenvalue weighted by Gasteiger charge is -2.21. The summed E-state index contributed by atoms with van der Waals surface area (Å²) in [6.07, 6.45) is 0.572. The minimum Gasteiger partial charge on any atom is -0.478 e. The zero-order chi connectivity index (χ0) is 22.0. The fourth-order valence-electron chi connectivity index (χ4n) is 5.04. The van der Waals surface area contributed by atoms with Crippen molar-refractivity contribution in [3.8, 4) is 0 Å². The first kappa shape index (κ1) is 19.8. The maximum atomic E-state index is 14.3. The fourth-order valence-corrected chi connectivity index (χ4v) is 5.17. The number of fused-ring (bicyclic) bond motifs is 2. The molecule has 4 nitrogen and oxygen atoms in total. The Kier molecular flexibility index (Phi) is 4.25. The number of hydrogen-bond donors (Lipinski definition) is 1. The van der Waals surface area contributed by atoms with Crippen LogP contribution in [-0.2, 0) is 22.2 Å². The third-order valence-corrected chi connectivity index (χ3v) is 7.00. The van der Waals surface area contributed by atoms with Gasteiger partial charge in [-0.15, -0.1) is 0 Å². The van der Waals surface area contributed by atoms with E-state index < -0.39 is 16.8 Å². The maximum absolute atomic E-state index is 14.3. The first-order chi connectivity index (χ1) is 14.8. The van der Waals surface area contributed by atoms with Crippen LogP contribution in [0.3, 0.4) is 0 Å². The summed E-state index contributed by atoms with van der Waals surface area (Å²) in [5.41, 5.74) is 1.88. The van der Waals surface area contributed by atoms with E-state index >= 15 is 0 Å². The number of nitrogens with zero attached hydrogens (tertiary/aromatic N) is 1. The van der Waals surface area contributed by atoms with Gasteiger partial charge in [-0.1, -0.05) is 42.8 Å². The molecule has 0 radical (unpaired) electrons. The van der Waals surface area contributed by atoms with Crippen LogP contribution in [0.5, 0.6) is 0 Å². The van der Waals surface area contributed by atoms with Crippen LogP contribution in [-0.4, -0.2) is 17.0 Å². The van der Waals surface area contributed by atoms with Crippen molar-refractivity contribution < 1.29 is 19.1 Å². The number of carboxylic acids is 1. The summed E-state index contributed by atoms with van der Waals surface area (Å²) < 4.78 is 14.3. The van der Waals surface area contributed by atoms with Gasteiger partial charge in [0.05, 0.1) is 17.5 Å². The highest BCUT2D eigenvalue weighted by Crippen LogP contribution is 2.70. The van der Waals surface area contributed by atoms with E-state index in [9.17, 15) is 19.1 Å². The molecule has 1 amide bonds. The van der Waals surface area contributed by atoms with Gasteiger partial charge in [-0.2, -0.15) is 0 Å². The molecule has 0 unspecified atom stereocenters. The lowest BCUT2D eigenvalue weighted by molar-refractivity contribution is -0.120. The normalized spacial score (nSPS) is 23.8. The Morgan fingerprint density at radius 1 is 1.13 bits per heavy atom. The predicted octanol–water partition coefficient (Wildman–Crippen LogP) is 5.32. The van der Waals surface area contributed by atoms with Crippen LogP contribution >= 0.6 is 11.6 Å². The number of hydrogen-bond acceptors (Lipinski definition) is 2. The van der Waals surface area contributed by atoms with Crippen molar-refractivity contribution in [3.05, 3.63) is 99.8 Å². The molecule has 1 aliphatic heterocycles. The molecule has 1 N–H and O–H groups in total. The molecule has 3 aromatic carbocycles.